The molecule has 2 aromatic rings. The van der Waals surface area contributed by atoms with Crippen molar-refractivity contribution >= 4 is 17.5 Å². The van der Waals surface area contributed by atoms with Crippen molar-refractivity contribution in [3.8, 4) is 0 Å². The fourth-order valence-electron chi connectivity index (χ4n) is 3.02. The molecule has 1 fully saturated rings. The highest BCUT2D eigenvalue weighted by Crippen LogP contribution is 2.32. The molecule has 0 aromatic heterocycles. The number of likely N-dealkylation sites (tertiary alicyclic amines) is 1. The van der Waals surface area contributed by atoms with Gasteiger partial charge in [0, 0.05) is 17.8 Å². The van der Waals surface area contributed by atoms with Gasteiger partial charge in [0.25, 0.3) is 0 Å². The van der Waals surface area contributed by atoms with Gasteiger partial charge in [0.2, 0.25) is 0 Å². The normalized spacial score (nSPS) is 17.1. The molecule has 1 saturated heterocycles. The lowest BCUT2D eigenvalue weighted by molar-refractivity contribution is 0.101. The Morgan fingerprint density at radius 1 is 1.04 bits per heavy atom. The number of hydrogen-bond acceptors (Lipinski definition) is 2. The summed E-state index contributed by atoms with van der Waals surface area (Å²) in [5.41, 5.74) is 2.53. The van der Waals surface area contributed by atoms with Gasteiger partial charge in [0.15, 0.2) is 5.78 Å². The van der Waals surface area contributed by atoms with E-state index in [4.69, 9.17) is 0 Å². The number of ketones is 1. The highest BCUT2D eigenvalue weighted by atomic mass is 16.2. The van der Waals surface area contributed by atoms with E-state index >= 15 is 0 Å². The zero-order valence-corrected chi connectivity index (χ0v) is 13.2. The van der Waals surface area contributed by atoms with Gasteiger partial charge in [-0.25, -0.2) is 4.79 Å². The Morgan fingerprint density at radius 3 is 2.39 bits per heavy atom. The summed E-state index contributed by atoms with van der Waals surface area (Å²) >= 11 is 0. The van der Waals surface area contributed by atoms with Crippen LogP contribution >= 0.6 is 0 Å². The van der Waals surface area contributed by atoms with Crippen LogP contribution in [0, 0.1) is 0 Å². The number of anilines is 1. The molecule has 4 nitrogen and oxygen atoms in total. The second-order valence-corrected chi connectivity index (χ2v) is 5.83. The highest BCUT2D eigenvalue weighted by molar-refractivity contribution is 5.95. The van der Waals surface area contributed by atoms with E-state index in [1.54, 1.807) is 24.3 Å². The quantitative estimate of drug-likeness (QED) is 0.861. The van der Waals surface area contributed by atoms with Crippen LogP contribution in [0.1, 0.15) is 41.7 Å². The van der Waals surface area contributed by atoms with Gasteiger partial charge in [0.1, 0.15) is 0 Å². The number of amides is 2. The zero-order chi connectivity index (χ0) is 16.2. The first-order valence-electron chi connectivity index (χ1n) is 7.89. The van der Waals surface area contributed by atoms with Crippen molar-refractivity contribution in [3.05, 3.63) is 65.7 Å². The van der Waals surface area contributed by atoms with Crippen molar-refractivity contribution in [2.75, 3.05) is 11.9 Å². The van der Waals surface area contributed by atoms with E-state index in [1.165, 1.54) is 12.5 Å². The molecule has 2 amide bonds. The number of nitrogens with zero attached hydrogens (tertiary/aromatic N) is 1. The van der Waals surface area contributed by atoms with E-state index in [0.29, 0.717) is 11.3 Å². The van der Waals surface area contributed by atoms with Gasteiger partial charge in [-0.05, 0) is 49.6 Å². The lowest BCUT2D eigenvalue weighted by Crippen LogP contribution is -2.34. The molecule has 0 spiro atoms. The van der Waals surface area contributed by atoms with E-state index in [2.05, 4.69) is 17.4 Å². The molecule has 1 heterocycles. The molecule has 0 bridgehead atoms. The van der Waals surface area contributed by atoms with Crippen molar-refractivity contribution in [2.45, 2.75) is 25.8 Å². The predicted octanol–water partition coefficient (Wildman–Crippen LogP) is 4.26. The number of nitrogens with one attached hydrogen (secondary N) is 1. The van der Waals surface area contributed by atoms with Gasteiger partial charge in [0.05, 0.1) is 6.04 Å². The minimum Gasteiger partial charge on any atom is -0.317 e. The molecule has 23 heavy (non-hydrogen) atoms. The van der Waals surface area contributed by atoms with E-state index in [9.17, 15) is 9.59 Å². The van der Waals surface area contributed by atoms with E-state index in [1.807, 2.05) is 23.1 Å². The summed E-state index contributed by atoms with van der Waals surface area (Å²) in [6, 6.07) is 17.2. The van der Waals surface area contributed by atoms with Crippen LogP contribution in [-0.2, 0) is 0 Å². The second-order valence-electron chi connectivity index (χ2n) is 5.83. The maximum atomic E-state index is 12.6. The van der Waals surface area contributed by atoms with Crippen LogP contribution in [0.5, 0.6) is 0 Å². The largest absolute Gasteiger partial charge is 0.322 e. The third-order valence-electron chi connectivity index (χ3n) is 4.24. The summed E-state index contributed by atoms with van der Waals surface area (Å²) in [7, 11) is 0. The smallest absolute Gasteiger partial charge is 0.317 e. The van der Waals surface area contributed by atoms with Crippen LogP contribution < -0.4 is 5.32 Å². The van der Waals surface area contributed by atoms with Gasteiger partial charge >= 0.3 is 6.03 Å². The minimum absolute atomic E-state index is 0.0200. The molecule has 1 atom stereocenters. The molecule has 0 aliphatic carbocycles. The van der Waals surface area contributed by atoms with Crippen LogP contribution in [0.3, 0.4) is 0 Å². The first-order chi connectivity index (χ1) is 11.1. The van der Waals surface area contributed by atoms with Crippen LogP contribution in [0.4, 0.5) is 10.5 Å². The van der Waals surface area contributed by atoms with E-state index < -0.39 is 0 Å². The summed E-state index contributed by atoms with van der Waals surface area (Å²) in [6.45, 7) is 2.29. The van der Waals surface area contributed by atoms with E-state index in [-0.39, 0.29) is 17.9 Å². The van der Waals surface area contributed by atoms with Gasteiger partial charge in [-0.15, -0.1) is 0 Å². The van der Waals surface area contributed by atoms with Crippen LogP contribution in [0.2, 0.25) is 0 Å². The maximum absolute atomic E-state index is 12.6. The third kappa shape index (κ3) is 3.42. The molecule has 1 unspecified atom stereocenters. The predicted molar refractivity (Wildman–Crippen MR) is 90.6 cm³/mol. The highest BCUT2D eigenvalue weighted by Gasteiger charge is 2.29. The summed E-state index contributed by atoms with van der Waals surface area (Å²) in [5, 5.41) is 2.93. The third-order valence-corrected chi connectivity index (χ3v) is 4.24. The molecule has 1 N–H and O–H groups in total. The fraction of sp³-hybridized carbons (Fsp3) is 0.263. The summed E-state index contributed by atoms with van der Waals surface area (Å²) in [4.78, 5) is 25.7. The van der Waals surface area contributed by atoms with E-state index in [0.717, 1.165) is 19.4 Å². The topological polar surface area (TPSA) is 49.4 Å². The minimum atomic E-state index is -0.0908. The number of carbonyl (C=O) groups excluding carboxylic acids is 2. The molecule has 3 rings (SSSR count). The zero-order valence-electron chi connectivity index (χ0n) is 13.2. The lowest BCUT2D eigenvalue weighted by Gasteiger charge is -2.25. The van der Waals surface area contributed by atoms with Crippen LogP contribution in [0.25, 0.3) is 0 Å². The van der Waals surface area contributed by atoms with Gasteiger partial charge < -0.3 is 10.2 Å². The number of carbonyl (C=O) groups is 2. The maximum Gasteiger partial charge on any atom is 0.322 e. The van der Waals surface area contributed by atoms with Gasteiger partial charge in [-0.1, -0.05) is 30.3 Å². The van der Waals surface area contributed by atoms with Crippen molar-refractivity contribution in [1.29, 1.82) is 0 Å². The molecule has 0 radical (unpaired) electrons. The fourth-order valence-corrected chi connectivity index (χ4v) is 3.02. The lowest BCUT2D eigenvalue weighted by atomic mass is 10.1. The number of urea groups is 1. The Labute approximate surface area is 136 Å². The number of Topliss-reactive ketones (excluding diaryl/α,β-unsaturated/α-hetero) is 1. The van der Waals surface area contributed by atoms with Gasteiger partial charge in [-0.3, -0.25) is 4.79 Å². The summed E-state index contributed by atoms with van der Waals surface area (Å²) in [6.07, 6.45) is 2.00. The van der Waals surface area contributed by atoms with Crippen LogP contribution in [-0.4, -0.2) is 23.3 Å². The average molecular weight is 308 g/mol. The summed E-state index contributed by atoms with van der Waals surface area (Å²) < 4.78 is 0. The van der Waals surface area contributed by atoms with Gasteiger partial charge in [-0.2, -0.15) is 0 Å². The molecule has 118 valence electrons. The van der Waals surface area contributed by atoms with Crippen molar-refractivity contribution in [3.63, 3.8) is 0 Å². The number of hydrogen-bond donors (Lipinski definition) is 1. The molecular formula is C19H20N2O2. The molecular weight excluding hydrogens is 288 g/mol. The first-order valence-corrected chi connectivity index (χ1v) is 7.89. The van der Waals surface area contributed by atoms with Crippen molar-refractivity contribution < 1.29 is 9.59 Å². The number of benzene rings is 2. The van der Waals surface area contributed by atoms with Crippen molar-refractivity contribution in [2.24, 2.45) is 0 Å². The second kappa shape index (κ2) is 6.65. The Morgan fingerprint density at radius 2 is 1.74 bits per heavy atom. The average Bonchev–Trinajstić information content (AvgIpc) is 3.06. The van der Waals surface area contributed by atoms with Crippen molar-refractivity contribution in [1.82, 2.24) is 4.90 Å². The molecule has 0 saturated carbocycles. The first kappa shape index (κ1) is 15.3. The Bertz CT molecular complexity index is 695. The molecule has 4 heteroatoms. The summed E-state index contributed by atoms with van der Waals surface area (Å²) in [5.74, 6) is 0.0200. The molecule has 1 aliphatic rings. The number of rotatable bonds is 3. The molecule has 1 aliphatic heterocycles. The van der Waals surface area contributed by atoms with Crippen LogP contribution in [0.15, 0.2) is 54.6 Å². The Balaban J connectivity index is 1.71. The standard InChI is InChI=1S/C19H20N2O2/c1-14(22)15-9-11-17(12-10-15)20-19(23)21-13-5-8-18(21)16-6-3-2-4-7-16/h2-4,6-7,9-12,18H,5,8,13H2,1H3,(H,20,23). The Hall–Kier alpha value is -2.62. The molecule has 2 aromatic carbocycles. The monoisotopic (exact) mass is 308 g/mol. The Kier molecular flexibility index (Phi) is 4.42. The SMILES string of the molecule is CC(=O)c1ccc(NC(=O)N2CCCC2c2ccccc2)cc1.